The first-order valence-electron chi connectivity index (χ1n) is 5.72. The van der Waals surface area contributed by atoms with E-state index in [9.17, 15) is 10.1 Å². The number of non-ortho nitro benzene ring substituents is 1. The Morgan fingerprint density at radius 1 is 1.39 bits per heavy atom. The number of anilines is 1. The van der Waals surface area contributed by atoms with Crippen LogP contribution >= 0.6 is 0 Å². The van der Waals surface area contributed by atoms with E-state index in [1.54, 1.807) is 13.2 Å². The van der Waals surface area contributed by atoms with Gasteiger partial charge in [0, 0.05) is 31.5 Å². The molecule has 0 unspecified atom stereocenters. The average Bonchev–Trinajstić information content (AvgIpc) is 2.28. The Bertz CT molecular complexity index is 407. The van der Waals surface area contributed by atoms with Crippen LogP contribution in [-0.2, 0) is 4.74 Å². The highest BCUT2D eigenvalue weighted by Gasteiger charge is 2.11. The third kappa shape index (κ3) is 4.58. The number of rotatable bonds is 7. The lowest BCUT2D eigenvalue weighted by atomic mass is 10.2. The van der Waals surface area contributed by atoms with Gasteiger partial charge in [-0.1, -0.05) is 0 Å². The molecule has 6 nitrogen and oxygen atoms in total. The van der Waals surface area contributed by atoms with Crippen LogP contribution in [0.2, 0.25) is 0 Å². The molecule has 0 atom stereocenters. The molecule has 0 aliphatic heterocycles. The van der Waals surface area contributed by atoms with Crippen molar-refractivity contribution in [1.29, 1.82) is 0 Å². The first-order valence-corrected chi connectivity index (χ1v) is 5.72. The second-order valence-corrected chi connectivity index (χ2v) is 4.06. The second kappa shape index (κ2) is 6.80. The summed E-state index contributed by atoms with van der Waals surface area (Å²) in [6.07, 6.45) is -0.0289. The van der Waals surface area contributed by atoms with Gasteiger partial charge in [0.2, 0.25) is 0 Å². The fraction of sp³-hybridized carbons (Fsp3) is 0.500. The minimum atomic E-state index is -0.436. The van der Waals surface area contributed by atoms with Crippen molar-refractivity contribution in [2.45, 2.75) is 20.0 Å². The topological polar surface area (TPSA) is 73.6 Å². The van der Waals surface area contributed by atoms with Crippen LogP contribution in [0.5, 0.6) is 5.75 Å². The van der Waals surface area contributed by atoms with Crippen molar-refractivity contribution in [3.05, 3.63) is 28.3 Å². The monoisotopic (exact) mass is 254 g/mol. The molecule has 0 aromatic heterocycles. The number of ether oxygens (including phenoxy) is 2. The fourth-order valence-corrected chi connectivity index (χ4v) is 1.43. The van der Waals surface area contributed by atoms with Crippen LogP contribution in [0.15, 0.2) is 18.2 Å². The predicted molar refractivity (Wildman–Crippen MR) is 69.2 cm³/mol. The van der Waals surface area contributed by atoms with Crippen molar-refractivity contribution in [3.8, 4) is 5.75 Å². The summed E-state index contributed by atoms with van der Waals surface area (Å²) in [4.78, 5) is 10.4. The van der Waals surface area contributed by atoms with Crippen LogP contribution in [0.3, 0.4) is 0 Å². The summed E-state index contributed by atoms with van der Waals surface area (Å²) in [5, 5.41) is 13.9. The van der Waals surface area contributed by atoms with E-state index in [2.05, 4.69) is 5.32 Å². The van der Waals surface area contributed by atoms with Gasteiger partial charge in [-0.15, -0.1) is 0 Å². The molecule has 1 N–H and O–H groups in total. The van der Waals surface area contributed by atoms with E-state index < -0.39 is 4.92 Å². The van der Waals surface area contributed by atoms with Crippen LogP contribution in [0.4, 0.5) is 11.4 Å². The molecule has 0 heterocycles. The lowest BCUT2D eigenvalue weighted by molar-refractivity contribution is -0.384. The minimum Gasteiger partial charge on any atom is -0.491 e. The summed E-state index contributed by atoms with van der Waals surface area (Å²) in [5.74, 6) is 0.485. The number of nitrogens with zero attached hydrogens (tertiary/aromatic N) is 1. The van der Waals surface area contributed by atoms with Crippen LogP contribution < -0.4 is 10.1 Å². The van der Waals surface area contributed by atoms with E-state index in [4.69, 9.17) is 9.47 Å². The molecule has 0 fully saturated rings. The Hall–Kier alpha value is -1.82. The highest BCUT2D eigenvalue weighted by Crippen LogP contribution is 2.26. The number of nitro benzene ring substituents is 1. The van der Waals surface area contributed by atoms with Gasteiger partial charge in [-0.2, -0.15) is 0 Å². The van der Waals surface area contributed by atoms with Crippen molar-refractivity contribution >= 4 is 11.4 Å². The average molecular weight is 254 g/mol. The highest BCUT2D eigenvalue weighted by atomic mass is 16.6. The molecule has 6 heteroatoms. The van der Waals surface area contributed by atoms with Gasteiger partial charge in [0.1, 0.15) is 5.75 Å². The molecule has 0 bridgehead atoms. The maximum absolute atomic E-state index is 10.8. The molecule has 0 saturated carbocycles. The quantitative estimate of drug-likeness (QED) is 0.459. The van der Waals surface area contributed by atoms with Gasteiger partial charge in [0.15, 0.2) is 0 Å². The number of hydrogen-bond donors (Lipinski definition) is 1. The van der Waals surface area contributed by atoms with E-state index in [-0.39, 0.29) is 11.8 Å². The van der Waals surface area contributed by atoms with Gasteiger partial charge in [-0.05, 0) is 13.8 Å². The maximum atomic E-state index is 10.8. The standard InChI is InChI=1S/C12H18N2O4/c1-9(2)18-12-7-10(13-4-5-17-3)6-11(8-12)14(15)16/h6-9,13H,4-5H2,1-3H3. The van der Waals surface area contributed by atoms with E-state index in [0.717, 1.165) is 0 Å². The third-order valence-corrected chi connectivity index (χ3v) is 2.11. The van der Waals surface area contributed by atoms with E-state index >= 15 is 0 Å². The van der Waals surface area contributed by atoms with E-state index in [0.29, 0.717) is 24.6 Å². The molecule has 0 aliphatic rings. The largest absolute Gasteiger partial charge is 0.491 e. The molecular formula is C12H18N2O4. The summed E-state index contributed by atoms with van der Waals surface area (Å²) >= 11 is 0. The molecular weight excluding hydrogens is 236 g/mol. The Morgan fingerprint density at radius 2 is 2.11 bits per heavy atom. The summed E-state index contributed by atoms with van der Waals surface area (Å²) in [6.45, 7) is 4.86. The number of nitrogens with one attached hydrogen (secondary N) is 1. The summed E-state index contributed by atoms with van der Waals surface area (Å²) < 4.78 is 10.4. The zero-order chi connectivity index (χ0) is 13.5. The lowest BCUT2D eigenvalue weighted by Gasteiger charge is -2.12. The molecule has 0 saturated heterocycles. The Labute approximate surface area is 106 Å². The second-order valence-electron chi connectivity index (χ2n) is 4.06. The Morgan fingerprint density at radius 3 is 2.67 bits per heavy atom. The van der Waals surface area contributed by atoms with E-state index in [1.807, 2.05) is 13.8 Å². The Kier molecular flexibility index (Phi) is 5.38. The van der Waals surface area contributed by atoms with Gasteiger partial charge in [0.05, 0.1) is 23.7 Å². The van der Waals surface area contributed by atoms with Gasteiger partial charge < -0.3 is 14.8 Å². The predicted octanol–water partition coefficient (Wildman–Crippen LogP) is 2.44. The zero-order valence-corrected chi connectivity index (χ0v) is 10.8. The van der Waals surface area contributed by atoms with Crippen LogP contribution in [0.25, 0.3) is 0 Å². The first kappa shape index (κ1) is 14.2. The van der Waals surface area contributed by atoms with Gasteiger partial charge >= 0.3 is 0 Å². The van der Waals surface area contributed by atoms with Gasteiger partial charge in [-0.3, -0.25) is 10.1 Å². The molecule has 100 valence electrons. The lowest BCUT2D eigenvalue weighted by Crippen LogP contribution is -2.09. The van der Waals surface area contributed by atoms with Crippen LogP contribution in [-0.4, -0.2) is 31.3 Å². The Balaban J connectivity index is 2.87. The molecule has 0 aliphatic carbocycles. The molecule has 1 aromatic carbocycles. The van der Waals surface area contributed by atoms with Crippen molar-refractivity contribution in [1.82, 2.24) is 0 Å². The molecule has 1 aromatic rings. The summed E-state index contributed by atoms with van der Waals surface area (Å²) in [5.41, 5.74) is 0.657. The SMILES string of the molecule is COCCNc1cc(OC(C)C)cc([N+](=O)[O-])c1. The molecule has 18 heavy (non-hydrogen) atoms. The van der Waals surface area contributed by atoms with Crippen molar-refractivity contribution < 1.29 is 14.4 Å². The summed E-state index contributed by atoms with van der Waals surface area (Å²) in [7, 11) is 1.60. The van der Waals surface area contributed by atoms with Gasteiger partial charge in [-0.25, -0.2) is 0 Å². The van der Waals surface area contributed by atoms with E-state index in [1.165, 1.54) is 12.1 Å². The maximum Gasteiger partial charge on any atom is 0.275 e. The van der Waals surface area contributed by atoms with Crippen LogP contribution in [0, 0.1) is 10.1 Å². The molecule has 0 radical (unpaired) electrons. The smallest absolute Gasteiger partial charge is 0.275 e. The first-order chi connectivity index (χ1) is 8.52. The van der Waals surface area contributed by atoms with Crippen molar-refractivity contribution in [2.24, 2.45) is 0 Å². The molecule has 0 amide bonds. The zero-order valence-electron chi connectivity index (χ0n) is 10.8. The minimum absolute atomic E-state index is 0.00747. The number of methoxy groups -OCH3 is 1. The number of nitro groups is 1. The van der Waals surface area contributed by atoms with Crippen molar-refractivity contribution in [2.75, 3.05) is 25.6 Å². The number of benzene rings is 1. The van der Waals surface area contributed by atoms with Crippen molar-refractivity contribution in [3.63, 3.8) is 0 Å². The third-order valence-electron chi connectivity index (χ3n) is 2.11. The fourth-order valence-electron chi connectivity index (χ4n) is 1.43. The van der Waals surface area contributed by atoms with Crippen LogP contribution in [0.1, 0.15) is 13.8 Å². The molecule has 0 spiro atoms. The highest BCUT2D eigenvalue weighted by molar-refractivity contribution is 5.56. The van der Waals surface area contributed by atoms with Gasteiger partial charge in [0.25, 0.3) is 5.69 Å². The summed E-state index contributed by atoms with van der Waals surface area (Å²) in [6, 6.07) is 4.63. The number of hydrogen-bond acceptors (Lipinski definition) is 5. The normalized spacial score (nSPS) is 10.4. The molecule has 1 rings (SSSR count).